The molecule has 0 fully saturated rings. The lowest BCUT2D eigenvalue weighted by molar-refractivity contribution is 0.638. The standard InChI is InChI=1S/C29H32/c1-4-6-7-8-9-13-18-26(25-16-11-10-12-17-25)23(3)27-22-21-24(5-2)28-19-14-15-20-29(27)28/h5,10-12,14-22H,2-4,6-9,13H2,1H3/b26-18-. The van der Waals surface area contributed by atoms with Crippen LogP contribution in [-0.4, -0.2) is 0 Å². The molecule has 29 heavy (non-hydrogen) atoms. The minimum Gasteiger partial charge on any atom is -0.0984 e. The number of hydrogen-bond donors (Lipinski definition) is 0. The van der Waals surface area contributed by atoms with Gasteiger partial charge >= 0.3 is 0 Å². The number of benzene rings is 3. The summed E-state index contributed by atoms with van der Waals surface area (Å²) >= 11 is 0. The van der Waals surface area contributed by atoms with Crippen molar-refractivity contribution in [2.75, 3.05) is 0 Å². The van der Waals surface area contributed by atoms with E-state index in [4.69, 9.17) is 0 Å². The van der Waals surface area contributed by atoms with Crippen molar-refractivity contribution in [3.05, 3.63) is 103 Å². The van der Waals surface area contributed by atoms with Crippen molar-refractivity contribution < 1.29 is 0 Å². The van der Waals surface area contributed by atoms with Crippen molar-refractivity contribution in [1.29, 1.82) is 0 Å². The molecule has 0 bridgehead atoms. The molecule has 0 saturated carbocycles. The van der Waals surface area contributed by atoms with Crippen LogP contribution in [0.3, 0.4) is 0 Å². The van der Waals surface area contributed by atoms with Gasteiger partial charge in [-0.2, -0.15) is 0 Å². The first-order valence-electron chi connectivity index (χ1n) is 10.9. The van der Waals surface area contributed by atoms with Crippen LogP contribution < -0.4 is 0 Å². The second-order valence-electron chi connectivity index (χ2n) is 7.62. The summed E-state index contributed by atoms with van der Waals surface area (Å²) < 4.78 is 0. The molecule has 0 atom stereocenters. The second-order valence-corrected chi connectivity index (χ2v) is 7.62. The fourth-order valence-electron chi connectivity index (χ4n) is 3.94. The third-order valence-corrected chi connectivity index (χ3v) is 5.57. The van der Waals surface area contributed by atoms with Gasteiger partial charge in [-0.1, -0.05) is 125 Å². The van der Waals surface area contributed by atoms with Gasteiger partial charge in [-0.3, -0.25) is 0 Å². The first kappa shape index (κ1) is 20.9. The predicted octanol–water partition coefficient (Wildman–Crippen LogP) is 8.94. The van der Waals surface area contributed by atoms with Gasteiger partial charge in [0.05, 0.1) is 0 Å². The first-order valence-corrected chi connectivity index (χ1v) is 10.9. The second kappa shape index (κ2) is 10.6. The summed E-state index contributed by atoms with van der Waals surface area (Å²) in [5.41, 5.74) is 5.95. The van der Waals surface area contributed by atoms with Crippen molar-refractivity contribution >= 4 is 28.0 Å². The normalized spacial score (nSPS) is 11.6. The van der Waals surface area contributed by atoms with Crippen LogP contribution in [0.1, 0.15) is 62.1 Å². The molecule has 0 aromatic heterocycles. The molecule has 0 unspecified atom stereocenters. The predicted molar refractivity (Wildman–Crippen MR) is 131 cm³/mol. The van der Waals surface area contributed by atoms with E-state index in [0.29, 0.717) is 0 Å². The molecule has 3 aromatic carbocycles. The van der Waals surface area contributed by atoms with Gasteiger partial charge in [0.25, 0.3) is 0 Å². The quantitative estimate of drug-likeness (QED) is 0.243. The Morgan fingerprint density at radius 3 is 2.21 bits per heavy atom. The lowest BCUT2D eigenvalue weighted by Gasteiger charge is -2.16. The lowest BCUT2D eigenvalue weighted by atomic mass is 9.88. The van der Waals surface area contributed by atoms with Crippen LogP contribution in [0.15, 0.2) is 86.0 Å². The third kappa shape index (κ3) is 5.15. The van der Waals surface area contributed by atoms with Gasteiger partial charge < -0.3 is 0 Å². The Hall–Kier alpha value is -2.86. The fraction of sp³-hybridized carbons (Fsp3) is 0.241. The Morgan fingerprint density at radius 1 is 0.793 bits per heavy atom. The number of unbranched alkanes of at least 4 members (excludes halogenated alkanes) is 5. The van der Waals surface area contributed by atoms with Crippen molar-refractivity contribution in [1.82, 2.24) is 0 Å². The largest absolute Gasteiger partial charge is 0.0984 e. The number of hydrogen-bond acceptors (Lipinski definition) is 0. The zero-order valence-corrected chi connectivity index (χ0v) is 17.7. The van der Waals surface area contributed by atoms with Crippen LogP contribution >= 0.6 is 0 Å². The van der Waals surface area contributed by atoms with E-state index < -0.39 is 0 Å². The molecule has 148 valence electrons. The molecule has 0 aliphatic carbocycles. The van der Waals surface area contributed by atoms with Crippen LogP contribution in [0.25, 0.3) is 28.0 Å². The van der Waals surface area contributed by atoms with Gasteiger partial charge in [0, 0.05) is 0 Å². The maximum Gasteiger partial charge on any atom is -0.00994 e. The maximum absolute atomic E-state index is 4.54. The maximum atomic E-state index is 4.54. The topological polar surface area (TPSA) is 0 Å². The van der Waals surface area contributed by atoms with Crippen LogP contribution in [0.2, 0.25) is 0 Å². The summed E-state index contributed by atoms with van der Waals surface area (Å²) in [6.07, 6.45) is 11.9. The molecular weight excluding hydrogens is 348 g/mol. The molecule has 0 N–H and O–H groups in total. The molecular formula is C29H32. The zero-order valence-electron chi connectivity index (χ0n) is 17.7. The highest BCUT2D eigenvalue weighted by Gasteiger charge is 2.12. The molecule has 0 radical (unpaired) electrons. The fourth-order valence-corrected chi connectivity index (χ4v) is 3.94. The summed E-state index contributed by atoms with van der Waals surface area (Å²) in [6, 6.07) is 23.6. The van der Waals surface area contributed by atoms with E-state index in [2.05, 4.69) is 92.9 Å². The minimum absolute atomic E-state index is 1.09. The van der Waals surface area contributed by atoms with Gasteiger partial charge in [-0.25, -0.2) is 0 Å². The monoisotopic (exact) mass is 380 g/mol. The molecule has 0 aliphatic rings. The van der Waals surface area contributed by atoms with Crippen molar-refractivity contribution in [2.45, 2.75) is 45.4 Å². The zero-order chi connectivity index (χ0) is 20.5. The van der Waals surface area contributed by atoms with E-state index in [1.807, 2.05) is 6.08 Å². The molecule has 0 nitrogen and oxygen atoms in total. The molecule has 0 heteroatoms. The Bertz CT molecular complexity index is 989. The van der Waals surface area contributed by atoms with E-state index in [1.165, 1.54) is 65.1 Å². The van der Waals surface area contributed by atoms with E-state index in [0.717, 1.165) is 12.0 Å². The highest BCUT2D eigenvalue weighted by Crippen LogP contribution is 2.35. The third-order valence-electron chi connectivity index (χ3n) is 5.57. The number of fused-ring (bicyclic) bond motifs is 1. The van der Waals surface area contributed by atoms with Crippen LogP contribution in [0, 0.1) is 0 Å². The summed E-state index contributed by atoms with van der Waals surface area (Å²) in [4.78, 5) is 0. The molecule has 0 aliphatic heterocycles. The summed E-state index contributed by atoms with van der Waals surface area (Å²) in [6.45, 7) is 10.8. The van der Waals surface area contributed by atoms with Crippen LogP contribution in [-0.2, 0) is 0 Å². The Morgan fingerprint density at radius 2 is 1.48 bits per heavy atom. The van der Waals surface area contributed by atoms with E-state index in [-0.39, 0.29) is 0 Å². The van der Waals surface area contributed by atoms with Crippen molar-refractivity contribution in [3.8, 4) is 0 Å². The smallest absolute Gasteiger partial charge is 0.00994 e. The highest BCUT2D eigenvalue weighted by molar-refractivity contribution is 6.11. The average Bonchev–Trinajstić information content (AvgIpc) is 2.78. The summed E-state index contributed by atoms with van der Waals surface area (Å²) in [5.74, 6) is 0. The van der Waals surface area contributed by atoms with Gasteiger partial charge in [0.2, 0.25) is 0 Å². The van der Waals surface area contributed by atoms with Crippen LogP contribution in [0.5, 0.6) is 0 Å². The van der Waals surface area contributed by atoms with Gasteiger partial charge in [0.15, 0.2) is 0 Å². The Balaban J connectivity index is 1.95. The van der Waals surface area contributed by atoms with E-state index in [9.17, 15) is 0 Å². The minimum atomic E-state index is 1.09. The Labute approximate surface area is 176 Å². The van der Waals surface area contributed by atoms with E-state index >= 15 is 0 Å². The molecule has 0 spiro atoms. The average molecular weight is 381 g/mol. The highest BCUT2D eigenvalue weighted by atomic mass is 14.2. The van der Waals surface area contributed by atoms with Gasteiger partial charge in [-0.15, -0.1) is 0 Å². The number of rotatable bonds is 10. The lowest BCUT2D eigenvalue weighted by Crippen LogP contribution is -1.93. The first-order chi connectivity index (χ1) is 14.3. The SMILES string of the molecule is C=Cc1ccc(C(=C)/C(=C/CCCCCCC)c2ccccc2)c2ccccc12. The molecule has 0 saturated heterocycles. The molecule has 3 aromatic rings. The van der Waals surface area contributed by atoms with Gasteiger partial charge in [0.1, 0.15) is 0 Å². The van der Waals surface area contributed by atoms with E-state index in [1.54, 1.807) is 0 Å². The van der Waals surface area contributed by atoms with Crippen molar-refractivity contribution in [3.63, 3.8) is 0 Å². The van der Waals surface area contributed by atoms with Gasteiger partial charge in [-0.05, 0) is 51.5 Å². The van der Waals surface area contributed by atoms with Crippen molar-refractivity contribution in [2.24, 2.45) is 0 Å². The summed E-state index contributed by atoms with van der Waals surface area (Å²) in [7, 11) is 0. The Kier molecular flexibility index (Phi) is 7.64. The number of allylic oxidation sites excluding steroid dienone is 3. The summed E-state index contributed by atoms with van der Waals surface area (Å²) in [5, 5.41) is 2.47. The van der Waals surface area contributed by atoms with Crippen LogP contribution in [0.4, 0.5) is 0 Å². The molecule has 0 heterocycles. The molecule has 3 rings (SSSR count). The molecule has 0 amide bonds.